The van der Waals surface area contributed by atoms with Crippen LogP contribution in [0.25, 0.3) is 0 Å². The van der Waals surface area contributed by atoms with Gasteiger partial charge < -0.3 is 10.6 Å². The van der Waals surface area contributed by atoms with E-state index in [1.54, 1.807) is 23.5 Å². The number of nitrogens with zero attached hydrogens (tertiary/aromatic N) is 2. The number of carbonyl (C=O) groups is 2. The average molecular weight is 407 g/mol. The largest absolute Gasteiger partial charge is 0.350 e. The van der Waals surface area contributed by atoms with E-state index in [-0.39, 0.29) is 23.8 Å². The fourth-order valence-electron chi connectivity index (χ4n) is 3.15. The van der Waals surface area contributed by atoms with E-state index in [9.17, 15) is 9.59 Å². The second-order valence-corrected chi connectivity index (χ2v) is 8.13. The van der Waals surface area contributed by atoms with Crippen molar-refractivity contribution in [3.05, 3.63) is 45.7 Å². The summed E-state index contributed by atoms with van der Waals surface area (Å²) in [5.41, 5.74) is 0. The standard InChI is InChI=1S/C19H23ClN4O2S/c1-13(18(25)22-11-16-5-3-9-27-16)24-8-2-4-14(12-24)19(26)23-17-7-6-15(20)10-21-17/h3,5-7,9-10,13-14H,2,4,8,11-12H2,1H3,(H,22,25)(H,21,23,26). The van der Waals surface area contributed by atoms with Crippen LogP contribution in [0.1, 0.15) is 24.6 Å². The average Bonchev–Trinajstić information content (AvgIpc) is 3.21. The first-order valence-electron chi connectivity index (χ1n) is 8.99. The first-order chi connectivity index (χ1) is 13.0. The molecule has 1 saturated heterocycles. The van der Waals surface area contributed by atoms with Crippen molar-refractivity contribution in [1.29, 1.82) is 0 Å². The van der Waals surface area contributed by atoms with Crippen molar-refractivity contribution >= 4 is 40.6 Å². The lowest BCUT2D eigenvalue weighted by molar-refractivity contribution is -0.129. The van der Waals surface area contributed by atoms with E-state index in [4.69, 9.17) is 11.6 Å². The van der Waals surface area contributed by atoms with E-state index < -0.39 is 0 Å². The third-order valence-electron chi connectivity index (χ3n) is 4.75. The Morgan fingerprint density at radius 1 is 1.41 bits per heavy atom. The number of piperidine rings is 1. The Kier molecular flexibility index (Phi) is 6.82. The number of nitrogens with one attached hydrogen (secondary N) is 2. The fourth-order valence-corrected chi connectivity index (χ4v) is 3.91. The third kappa shape index (κ3) is 5.51. The maximum atomic E-state index is 12.6. The van der Waals surface area contributed by atoms with Crippen molar-refractivity contribution in [3.8, 4) is 0 Å². The molecule has 1 fully saturated rings. The van der Waals surface area contributed by atoms with E-state index in [1.165, 1.54) is 6.20 Å². The van der Waals surface area contributed by atoms with Gasteiger partial charge in [-0.25, -0.2) is 4.98 Å². The minimum absolute atomic E-state index is 0.0103. The molecule has 2 aromatic heterocycles. The molecule has 0 spiro atoms. The molecule has 1 aliphatic heterocycles. The SMILES string of the molecule is CC(C(=O)NCc1cccs1)N1CCCC(C(=O)Nc2ccc(Cl)cn2)C1. The van der Waals surface area contributed by atoms with Crippen LogP contribution in [0.4, 0.5) is 5.82 Å². The fraction of sp³-hybridized carbons (Fsp3) is 0.421. The zero-order chi connectivity index (χ0) is 19.2. The number of halogens is 1. The van der Waals surface area contributed by atoms with Gasteiger partial charge in [-0.15, -0.1) is 11.3 Å². The highest BCUT2D eigenvalue weighted by Crippen LogP contribution is 2.21. The lowest BCUT2D eigenvalue weighted by Crippen LogP contribution is -2.50. The summed E-state index contributed by atoms with van der Waals surface area (Å²) < 4.78 is 0. The van der Waals surface area contributed by atoms with Gasteiger partial charge in [0.15, 0.2) is 0 Å². The van der Waals surface area contributed by atoms with Gasteiger partial charge in [-0.3, -0.25) is 14.5 Å². The number of amides is 2. The lowest BCUT2D eigenvalue weighted by atomic mass is 9.96. The number of thiophene rings is 1. The maximum absolute atomic E-state index is 12.6. The molecule has 2 N–H and O–H groups in total. The van der Waals surface area contributed by atoms with Crippen LogP contribution >= 0.6 is 22.9 Å². The van der Waals surface area contributed by atoms with Crippen molar-refractivity contribution in [1.82, 2.24) is 15.2 Å². The molecule has 0 bridgehead atoms. The summed E-state index contributed by atoms with van der Waals surface area (Å²) in [6.07, 6.45) is 3.19. The molecular formula is C19H23ClN4O2S. The van der Waals surface area contributed by atoms with Gasteiger partial charge in [-0.2, -0.15) is 0 Å². The first-order valence-corrected chi connectivity index (χ1v) is 10.3. The minimum Gasteiger partial charge on any atom is -0.350 e. The highest BCUT2D eigenvalue weighted by molar-refractivity contribution is 7.09. The predicted octanol–water partition coefficient (Wildman–Crippen LogP) is 3.15. The summed E-state index contributed by atoms with van der Waals surface area (Å²) in [6, 6.07) is 7.08. The Hall–Kier alpha value is -1.96. The molecule has 0 saturated carbocycles. The molecule has 8 heteroatoms. The molecule has 6 nitrogen and oxygen atoms in total. The Morgan fingerprint density at radius 3 is 2.96 bits per heavy atom. The summed E-state index contributed by atoms with van der Waals surface area (Å²) in [5, 5.41) is 8.34. The molecule has 3 rings (SSSR count). The number of rotatable bonds is 6. The number of likely N-dealkylation sites (tertiary alicyclic amines) is 1. The van der Waals surface area contributed by atoms with Crippen LogP contribution in [0.5, 0.6) is 0 Å². The molecule has 144 valence electrons. The number of carbonyl (C=O) groups excluding carboxylic acids is 2. The van der Waals surface area contributed by atoms with Crippen molar-refractivity contribution in [3.63, 3.8) is 0 Å². The van der Waals surface area contributed by atoms with Gasteiger partial charge in [0.05, 0.1) is 23.5 Å². The number of hydrogen-bond acceptors (Lipinski definition) is 5. The Balaban J connectivity index is 1.52. The van der Waals surface area contributed by atoms with Crippen LogP contribution < -0.4 is 10.6 Å². The number of aromatic nitrogens is 1. The summed E-state index contributed by atoms with van der Waals surface area (Å²) in [7, 11) is 0. The lowest BCUT2D eigenvalue weighted by Gasteiger charge is -2.35. The van der Waals surface area contributed by atoms with Crippen LogP contribution in [0.3, 0.4) is 0 Å². The van der Waals surface area contributed by atoms with Crippen LogP contribution in [0.2, 0.25) is 5.02 Å². The molecule has 2 atom stereocenters. The van der Waals surface area contributed by atoms with Crippen LogP contribution in [0.15, 0.2) is 35.8 Å². The van der Waals surface area contributed by atoms with Gasteiger partial charge in [-0.1, -0.05) is 17.7 Å². The summed E-state index contributed by atoms with van der Waals surface area (Å²) in [6.45, 7) is 3.81. The van der Waals surface area contributed by atoms with Crippen molar-refractivity contribution in [2.75, 3.05) is 18.4 Å². The van der Waals surface area contributed by atoms with E-state index in [0.717, 1.165) is 24.3 Å². The van der Waals surface area contributed by atoms with E-state index in [1.807, 2.05) is 24.4 Å². The van der Waals surface area contributed by atoms with Crippen molar-refractivity contribution < 1.29 is 9.59 Å². The van der Waals surface area contributed by atoms with Gasteiger partial charge in [0.2, 0.25) is 11.8 Å². The first kappa shape index (κ1) is 19.8. The molecule has 2 unspecified atom stereocenters. The number of hydrogen-bond donors (Lipinski definition) is 2. The van der Waals surface area contributed by atoms with Gasteiger partial charge in [-0.05, 0) is 49.9 Å². The minimum atomic E-state index is -0.269. The monoisotopic (exact) mass is 406 g/mol. The van der Waals surface area contributed by atoms with Crippen molar-refractivity contribution in [2.45, 2.75) is 32.4 Å². The molecule has 1 aliphatic rings. The highest BCUT2D eigenvalue weighted by atomic mass is 35.5. The zero-order valence-electron chi connectivity index (χ0n) is 15.2. The molecule has 0 aliphatic carbocycles. The predicted molar refractivity (Wildman–Crippen MR) is 108 cm³/mol. The Labute approximate surface area is 167 Å². The molecule has 2 aromatic rings. The molecular weight excluding hydrogens is 384 g/mol. The topological polar surface area (TPSA) is 74.3 Å². The second-order valence-electron chi connectivity index (χ2n) is 6.66. The van der Waals surface area contributed by atoms with Gasteiger partial charge in [0.1, 0.15) is 5.82 Å². The normalized spacial score (nSPS) is 18.7. The molecule has 0 aromatic carbocycles. The van der Waals surface area contributed by atoms with Gasteiger partial charge >= 0.3 is 0 Å². The third-order valence-corrected chi connectivity index (χ3v) is 5.85. The van der Waals surface area contributed by atoms with Crippen molar-refractivity contribution in [2.24, 2.45) is 5.92 Å². The maximum Gasteiger partial charge on any atom is 0.237 e. The Morgan fingerprint density at radius 2 is 2.26 bits per heavy atom. The number of pyridine rings is 1. The van der Waals surface area contributed by atoms with E-state index in [2.05, 4.69) is 20.5 Å². The zero-order valence-corrected chi connectivity index (χ0v) is 16.7. The van der Waals surface area contributed by atoms with Gasteiger partial charge in [0.25, 0.3) is 0 Å². The van der Waals surface area contributed by atoms with Crippen LogP contribution in [-0.2, 0) is 16.1 Å². The second kappa shape index (κ2) is 9.30. The summed E-state index contributed by atoms with van der Waals surface area (Å²) >= 11 is 7.44. The summed E-state index contributed by atoms with van der Waals surface area (Å²) in [4.78, 5) is 32.3. The molecule has 0 radical (unpaired) electrons. The molecule has 2 amide bonds. The van der Waals surface area contributed by atoms with Crippen LogP contribution in [0, 0.1) is 5.92 Å². The van der Waals surface area contributed by atoms with Gasteiger partial charge in [0, 0.05) is 17.6 Å². The number of anilines is 1. The Bertz CT molecular complexity index is 767. The van der Waals surface area contributed by atoms with E-state index >= 15 is 0 Å². The van der Waals surface area contributed by atoms with Crippen LogP contribution in [-0.4, -0.2) is 40.8 Å². The van der Waals surface area contributed by atoms with E-state index in [0.29, 0.717) is 23.9 Å². The highest BCUT2D eigenvalue weighted by Gasteiger charge is 2.31. The summed E-state index contributed by atoms with van der Waals surface area (Å²) in [5.74, 6) is 0.247. The molecule has 3 heterocycles. The smallest absolute Gasteiger partial charge is 0.237 e. The molecule has 27 heavy (non-hydrogen) atoms. The quantitative estimate of drug-likeness (QED) is 0.772.